The van der Waals surface area contributed by atoms with Crippen molar-refractivity contribution in [3.05, 3.63) is 45.3 Å². The number of benzene rings is 1. The summed E-state index contributed by atoms with van der Waals surface area (Å²) in [5, 5.41) is 0.733. The van der Waals surface area contributed by atoms with E-state index in [-0.39, 0.29) is 22.5 Å². The van der Waals surface area contributed by atoms with Gasteiger partial charge in [0, 0.05) is 31.1 Å². The number of nitrogens with zero attached hydrogens (tertiary/aromatic N) is 3. The van der Waals surface area contributed by atoms with E-state index in [0.717, 1.165) is 16.0 Å². The summed E-state index contributed by atoms with van der Waals surface area (Å²) in [6.45, 7) is 6.08. The van der Waals surface area contributed by atoms with Gasteiger partial charge in [0.05, 0.1) is 10.6 Å². The quantitative estimate of drug-likeness (QED) is 0.460. The molecule has 0 saturated heterocycles. The van der Waals surface area contributed by atoms with E-state index >= 15 is 0 Å². The number of aromatic nitrogens is 2. The van der Waals surface area contributed by atoms with Gasteiger partial charge in [0.2, 0.25) is 5.91 Å². The lowest BCUT2D eigenvalue weighted by molar-refractivity contribution is -0.127. The summed E-state index contributed by atoms with van der Waals surface area (Å²) >= 11 is 2.73. The van der Waals surface area contributed by atoms with E-state index in [2.05, 4.69) is 0 Å². The minimum absolute atomic E-state index is 0.0311. The first kappa shape index (κ1) is 20.5. The molecule has 0 unspecified atom stereocenters. The summed E-state index contributed by atoms with van der Waals surface area (Å²) in [7, 11) is 3.42. The normalized spacial score (nSPS) is 12.4. The van der Waals surface area contributed by atoms with Gasteiger partial charge in [-0.3, -0.25) is 14.2 Å². The monoisotopic (exact) mass is 419 g/mol. The average Bonchev–Trinajstić information content (AvgIpc) is 2.98. The lowest BCUT2D eigenvalue weighted by atomic mass is 10.0. The van der Waals surface area contributed by atoms with Gasteiger partial charge in [-0.25, -0.2) is 9.37 Å². The van der Waals surface area contributed by atoms with Crippen molar-refractivity contribution in [1.82, 2.24) is 14.5 Å². The molecule has 0 aliphatic rings. The minimum atomic E-state index is -0.352. The van der Waals surface area contributed by atoms with Crippen molar-refractivity contribution in [2.45, 2.75) is 37.7 Å². The second kappa shape index (κ2) is 8.05. The number of amides is 1. The molecule has 2 heterocycles. The van der Waals surface area contributed by atoms with Crippen LogP contribution in [0.2, 0.25) is 0 Å². The number of aryl methyl sites for hydroxylation is 1. The molecule has 0 aliphatic heterocycles. The molecule has 0 aliphatic carbocycles. The van der Waals surface area contributed by atoms with Gasteiger partial charge in [-0.15, -0.1) is 11.3 Å². The molecule has 0 bridgehead atoms. The fourth-order valence-corrected chi connectivity index (χ4v) is 5.29. The lowest BCUT2D eigenvalue weighted by Crippen LogP contribution is -2.31. The molecule has 148 valence electrons. The molecule has 5 nitrogen and oxygen atoms in total. The molecule has 8 heteroatoms. The Labute approximate surface area is 171 Å². The molecule has 0 spiro atoms. The Morgan fingerprint density at radius 2 is 1.96 bits per heavy atom. The van der Waals surface area contributed by atoms with Crippen molar-refractivity contribution in [1.29, 1.82) is 0 Å². The van der Waals surface area contributed by atoms with Gasteiger partial charge in [-0.2, -0.15) is 0 Å². The Kier molecular flexibility index (Phi) is 5.90. The number of thioether (sulfide) groups is 1. The third-order valence-corrected chi connectivity index (χ3v) is 6.55. The molecule has 2 aromatic heterocycles. The summed E-state index contributed by atoms with van der Waals surface area (Å²) in [5.74, 6) is -0.348. The Hall–Kier alpha value is -2.19. The second-order valence-corrected chi connectivity index (χ2v) is 9.17. The van der Waals surface area contributed by atoms with Crippen molar-refractivity contribution >= 4 is 39.2 Å². The summed E-state index contributed by atoms with van der Waals surface area (Å²) in [5.41, 5.74) is 1.46. The largest absolute Gasteiger partial charge is 0.348 e. The first-order valence-electron chi connectivity index (χ1n) is 8.92. The zero-order valence-electron chi connectivity index (χ0n) is 16.4. The van der Waals surface area contributed by atoms with E-state index in [4.69, 9.17) is 4.98 Å². The van der Waals surface area contributed by atoms with Crippen molar-refractivity contribution < 1.29 is 9.18 Å². The van der Waals surface area contributed by atoms with Crippen molar-refractivity contribution in [2.24, 2.45) is 0 Å². The minimum Gasteiger partial charge on any atom is -0.348 e. The van der Waals surface area contributed by atoms with E-state index in [1.807, 2.05) is 20.8 Å². The highest BCUT2D eigenvalue weighted by Gasteiger charge is 2.23. The molecule has 1 amide bonds. The molecular weight excluding hydrogens is 397 g/mol. The molecule has 1 atom stereocenters. The summed E-state index contributed by atoms with van der Waals surface area (Å²) in [6, 6.07) is 6.14. The van der Waals surface area contributed by atoms with Gasteiger partial charge in [-0.1, -0.05) is 23.9 Å². The molecule has 3 aromatic rings. The number of halogens is 1. The first-order chi connectivity index (χ1) is 13.2. The third-order valence-electron chi connectivity index (χ3n) is 4.47. The van der Waals surface area contributed by atoms with Gasteiger partial charge in [0.1, 0.15) is 10.6 Å². The van der Waals surface area contributed by atoms with Crippen LogP contribution in [0.5, 0.6) is 0 Å². The van der Waals surface area contributed by atoms with Crippen LogP contribution in [0.1, 0.15) is 18.7 Å². The van der Waals surface area contributed by atoms with Crippen LogP contribution in [0.15, 0.2) is 34.2 Å². The summed E-state index contributed by atoms with van der Waals surface area (Å²) < 4.78 is 14.9. The maximum Gasteiger partial charge on any atom is 0.263 e. The van der Waals surface area contributed by atoms with Gasteiger partial charge in [0.25, 0.3) is 5.56 Å². The fourth-order valence-electron chi connectivity index (χ4n) is 3.08. The SMILES string of the molecule is CCn1c(S[C@@H](C)C(=O)N(C)C)nc2sc(C)c(-c3ccc(F)cc3)c2c1=O. The third kappa shape index (κ3) is 3.71. The van der Waals surface area contributed by atoms with Gasteiger partial charge >= 0.3 is 0 Å². The predicted octanol–water partition coefficient (Wildman–Crippen LogP) is 4.16. The second-order valence-electron chi connectivity index (χ2n) is 6.66. The Balaban J connectivity index is 2.17. The first-order valence-corrected chi connectivity index (χ1v) is 10.6. The smallest absolute Gasteiger partial charge is 0.263 e. The van der Waals surface area contributed by atoms with Crippen LogP contribution in [0.4, 0.5) is 4.39 Å². The molecule has 0 radical (unpaired) electrons. The molecule has 1 aromatic carbocycles. The van der Waals surface area contributed by atoms with Crippen molar-refractivity contribution in [2.75, 3.05) is 14.1 Å². The molecule has 0 fully saturated rings. The highest BCUT2D eigenvalue weighted by Crippen LogP contribution is 2.37. The van der Waals surface area contributed by atoms with Gasteiger partial charge in [-0.05, 0) is 38.5 Å². The topological polar surface area (TPSA) is 55.2 Å². The highest BCUT2D eigenvalue weighted by molar-refractivity contribution is 8.00. The summed E-state index contributed by atoms with van der Waals surface area (Å²) in [4.78, 5) is 33.4. The van der Waals surface area contributed by atoms with E-state index in [9.17, 15) is 14.0 Å². The van der Waals surface area contributed by atoms with Crippen LogP contribution in [0.3, 0.4) is 0 Å². The molecular formula is C20H22FN3O2S2. The number of hydrogen-bond donors (Lipinski definition) is 0. The molecule has 0 saturated carbocycles. The number of fused-ring (bicyclic) bond motifs is 1. The number of rotatable bonds is 5. The van der Waals surface area contributed by atoms with Gasteiger partial charge < -0.3 is 4.90 Å². The molecule has 3 rings (SSSR count). The van der Waals surface area contributed by atoms with Crippen LogP contribution < -0.4 is 5.56 Å². The lowest BCUT2D eigenvalue weighted by Gasteiger charge is -2.17. The fraction of sp³-hybridized carbons (Fsp3) is 0.350. The Morgan fingerprint density at radius 3 is 2.54 bits per heavy atom. The number of carbonyl (C=O) groups excluding carboxylic acids is 1. The van der Waals surface area contributed by atoms with Gasteiger partial charge in [0.15, 0.2) is 5.16 Å². The zero-order valence-corrected chi connectivity index (χ0v) is 18.1. The number of carbonyl (C=O) groups is 1. The van der Waals surface area contributed by atoms with Crippen molar-refractivity contribution in [3.8, 4) is 11.1 Å². The van der Waals surface area contributed by atoms with Crippen LogP contribution in [0.25, 0.3) is 21.3 Å². The molecule has 0 N–H and O–H groups in total. The Morgan fingerprint density at radius 1 is 1.32 bits per heavy atom. The van der Waals surface area contributed by atoms with Crippen LogP contribution in [0, 0.1) is 12.7 Å². The average molecular weight is 420 g/mol. The maximum atomic E-state index is 13.3. The maximum absolute atomic E-state index is 13.3. The van der Waals surface area contributed by atoms with E-state index in [1.165, 1.54) is 40.1 Å². The highest BCUT2D eigenvalue weighted by atomic mass is 32.2. The standard InChI is InChI=1S/C20H22FN3O2S2/c1-6-24-19(26)16-15(13-7-9-14(21)10-8-13)11(2)27-17(16)22-20(24)28-12(3)18(25)23(4)5/h7-10,12H,6H2,1-5H3/t12-/m0/s1. The van der Waals surface area contributed by atoms with E-state index in [0.29, 0.717) is 21.9 Å². The zero-order chi connectivity index (χ0) is 20.6. The number of hydrogen-bond acceptors (Lipinski definition) is 5. The predicted molar refractivity (Wildman–Crippen MR) is 114 cm³/mol. The molecule has 28 heavy (non-hydrogen) atoms. The van der Waals surface area contributed by atoms with Crippen LogP contribution >= 0.6 is 23.1 Å². The summed E-state index contributed by atoms with van der Waals surface area (Å²) in [6.07, 6.45) is 0. The van der Waals surface area contributed by atoms with Crippen LogP contribution in [-0.4, -0.2) is 39.7 Å². The van der Waals surface area contributed by atoms with Crippen LogP contribution in [-0.2, 0) is 11.3 Å². The van der Waals surface area contributed by atoms with E-state index < -0.39 is 0 Å². The van der Waals surface area contributed by atoms with E-state index in [1.54, 1.807) is 30.8 Å². The Bertz CT molecular complexity index is 1090. The number of thiophene rings is 1. The van der Waals surface area contributed by atoms with Crippen molar-refractivity contribution in [3.63, 3.8) is 0 Å².